The van der Waals surface area contributed by atoms with Crippen LogP contribution in [0.25, 0.3) is 0 Å². The lowest BCUT2D eigenvalue weighted by Crippen LogP contribution is -2.37. The molecule has 6 heteroatoms. The molecule has 0 saturated carbocycles. The van der Waals surface area contributed by atoms with Crippen molar-refractivity contribution >= 4 is 39.0 Å². The zero-order valence-electron chi connectivity index (χ0n) is 9.24. The number of benzene rings is 1. The molecule has 0 aromatic heterocycles. The van der Waals surface area contributed by atoms with Gasteiger partial charge < -0.3 is 10.6 Å². The van der Waals surface area contributed by atoms with Gasteiger partial charge in [0.2, 0.25) is 0 Å². The van der Waals surface area contributed by atoms with Gasteiger partial charge in [-0.3, -0.25) is 4.79 Å². The number of thiocarbonyl (C=S) groups is 1. The first-order chi connectivity index (χ1) is 7.97. The molecule has 0 heterocycles. The van der Waals surface area contributed by atoms with E-state index < -0.39 is 11.7 Å². The molecule has 0 aliphatic heterocycles. The number of halogens is 2. The smallest absolute Gasteiger partial charge is 0.257 e. The predicted octanol–water partition coefficient (Wildman–Crippen LogP) is 2.34. The maximum atomic E-state index is 13.7. The summed E-state index contributed by atoms with van der Waals surface area (Å²) in [5.74, 6) is -0.988. The number of hydrogen-bond acceptors (Lipinski definition) is 2. The number of nitrogens with zero attached hydrogens (tertiary/aromatic N) is 1. The molecule has 1 aromatic rings. The Morgan fingerprint density at radius 2 is 2.24 bits per heavy atom. The fourth-order valence-corrected chi connectivity index (χ4v) is 1.88. The number of carbonyl (C=O) groups excluding carboxylic acids is 1. The van der Waals surface area contributed by atoms with Crippen molar-refractivity contribution in [2.75, 3.05) is 13.1 Å². The van der Waals surface area contributed by atoms with E-state index >= 15 is 0 Å². The van der Waals surface area contributed by atoms with Crippen LogP contribution < -0.4 is 5.73 Å². The van der Waals surface area contributed by atoms with Gasteiger partial charge >= 0.3 is 0 Å². The Labute approximate surface area is 113 Å². The SMILES string of the molecule is CCN(CC(N)=S)C(=O)c1cccc(Br)c1F. The van der Waals surface area contributed by atoms with Gasteiger partial charge in [0, 0.05) is 6.54 Å². The van der Waals surface area contributed by atoms with Crippen molar-refractivity contribution in [1.29, 1.82) is 0 Å². The van der Waals surface area contributed by atoms with Gasteiger partial charge in [0.25, 0.3) is 5.91 Å². The van der Waals surface area contributed by atoms with Crippen LogP contribution in [0.4, 0.5) is 4.39 Å². The summed E-state index contributed by atoms with van der Waals surface area (Å²) in [5.41, 5.74) is 5.40. The Hall–Kier alpha value is -1.01. The summed E-state index contributed by atoms with van der Waals surface area (Å²) in [7, 11) is 0. The molecule has 0 saturated heterocycles. The summed E-state index contributed by atoms with van der Waals surface area (Å²) in [5, 5.41) is 0. The molecule has 0 aliphatic rings. The fraction of sp³-hybridized carbons (Fsp3) is 0.273. The summed E-state index contributed by atoms with van der Waals surface area (Å²) in [6.07, 6.45) is 0. The topological polar surface area (TPSA) is 46.3 Å². The summed E-state index contributed by atoms with van der Waals surface area (Å²) in [4.78, 5) is 13.6. The molecule has 1 aromatic carbocycles. The van der Waals surface area contributed by atoms with Crippen molar-refractivity contribution in [2.24, 2.45) is 5.73 Å². The first-order valence-electron chi connectivity index (χ1n) is 4.99. The highest BCUT2D eigenvalue weighted by atomic mass is 79.9. The first kappa shape index (κ1) is 14.1. The van der Waals surface area contributed by atoms with Crippen LogP contribution in [0.15, 0.2) is 22.7 Å². The number of amides is 1. The van der Waals surface area contributed by atoms with E-state index in [4.69, 9.17) is 18.0 Å². The van der Waals surface area contributed by atoms with Crippen LogP contribution in [0.3, 0.4) is 0 Å². The Kier molecular flexibility index (Phi) is 5.02. The van der Waals surface area contributed by atoms with E-state index in [1.807, 2.05) is 0 Å². The maximum Gasteiger partial charge on any atom is 0.257 e. The monoisotopic (exact) mass is 318 g/mol. The molecule has 0 fully saturated rings. The summed E-state index contributed by atoms with van der Waals surface area (Å²) in [6.45, 7) is 2.35. The minimum Gasteiger partial charge on any atom is -0.392 e. The van der Waals surface area contributed by atoms with Crippen molar-refractivity contribution in [3.05, 3.63) is 34.1 Å². The molecule has 0 atom stereocenters. The van der Waals surface area contributed by atoms with E-state index in [9.17, 15) is 9.18 Å². The van der Waals surface area contributed by atoms with Gasteiger partial charge in [-0.1, -0.05) is 18.3 Å². The number of likely N-dealkylation sites (N-methyl/N-ethyl adjacent to an activating group) is 1. The number of carbonyl (C=O) groups is 1. The second-order valence-corrected chi connectivity index (χ2v) is 4.77. The third-order valence-corrected chi connectivity index (χ3v) is 2.94. The third-order valence-electron chi connectivity index (χ3n) is 2.20. The van der Waals surface area contributed by atoms with Crippen molar-refractivity contribution in [2.45, 2.75) is 6.92 Å². The lowest BCUT2D eigenvalue weighted by Gasteiger charge is -2.20. The van der Waals surface area contributed by atoms with E-state index in [1.54, 1.807) is 13.0 Å². The standard InChI is InChI=1S/C11H12BrFN2OS/c1-2-15(6-9(14)17)11(16)7-4-3-5-8(12)10(7)13/h3-5H,2,6H2,1H3,(H2,14,17). The van der Waals surface area contributed by atoms with Crippen molar-refractivity contribution in [3.63, 3.8) is 0 Å². The van der Waals surface area contributed by atoms with Gasteiger partial charge in [-0.25, -0.2) is 4.39 Å². The zero-order chi connectivity index (χ0) is 13.0. The molecule has 0 radical (unpaired) electrons. The highest BCUT2D eigenvalue weighted by molar-refractivity contribution is 9.10. The van der Waals surface area contributed by atoms with Gasteiger partial charge in [0.1, 0.15) is 5.82 Å². The predicted molar refractivity (Wildman–Crippen MR) is 72.5 cm³/mol. The third kappa shape index (κ3) is 3.47. The molecular weight excluding hydrogens is 307 g/mol. The first-order valence-corrected chi connectivity index (χ1v) is 6.19. The molecule has 1 amide bonds. The highest BCUT2D eigenvalue weighted by Gasteiger charge is 2.19. The molecule has 0 spiro atoms. The van der Waals surface area contributed by atoms with Crippen LogP contribution in [0.1, 0.15) is 17.3 Å². The second-order valence-electron chi connectivity index (χ2n) is 3.39. The molecule has 17 heavy (non-hydrogen) atoms. The lowest BCUT2D eigenvalue weighted by atomic mass is 10.2. The minimum absolute atomic E-state index is 0.0116. The van der Waals surface area contributed by atoms with Gasteiger partial charge in [-0.05, 0) is 35.0 Å². The average molecular weight is 319 g/mol. The molecule has 0 aliphatic carbocycles. The highest BCUT2D eigenvalue weighted by Crippen LogP contribution is 2.19. The number of nitrogens with two attached hydrogens (primary N) is 1. The molecular formula is C11H12BrFN2OS. The Balaban J connectivity index is 3.02. The quantitative estimate of drug-likeness (QED) is 0.867. The van der Waals surface area contributed by atoms with E-state index in [2.05, 4.69) is 15.9 Å². The summed E-state index contributed by atoms with van der Waals surface area (Å²) < 4.78 is 14.0. The van der Waals surface area contributed by atoms with E-state index in [0.29, 0.717) is 6.54 Å². The van der Waals surface area contributed by atoms with Crippen LogP contribution in [-0.4, -0.2) is 28.9 Å². The Bertz CT molecular complexity index is 453. The lowest BCUT2D eigenvalue weighted by molar-refractivity contribution is 0.0783. The van der Waals surface area contributed by atoms with Gasteiger partial charge in [0.05, 0.1) is 21.6 Å². The van der Waals surface area contributed by atoms with E-state index in [0.717, 1.165) is 0 Å². The molecule has 3 nitrogen and oxygen atoms in total. The zero-order valence-corrected chi connectivity index (χ0v) is 11.6. The fourth-order valence-electron chi connectivity index (χ4n) is 1.35. The molecule has 2 N–H and O–H groups in total. The van der Waals surface area contributed by atoms with Crippen LogP contribution >= 0.6 is 28.1 Å². The molecule has 1 rings (SSSR count). The van der Waals surface area contributed by atoms with Crippen molar-refractivity contribution in [1.82, 2.24) is 4.90 Å². The van der Waals surface area contributed by atoms with Crippen molar-refractivity contribution < 1.29 is 9.18 Å². The van der Waals surface area contributed by atoms with Crippen LogP contribution in [0.5, 0.6) is 0 Å². The normalized spacial score (nSPS) is 10.1. The Morgan fingerprint density at radius 1 is 1.59 bits per heavy atom. The van der Waals surface area contributed by atoms with Gasteiger partial charge in [0.15, 0.2) is 0 Å². The Morgan fingerprint density at radius 3 is 2.76 bits per heavy atom. The molecule has 0 unspecified atom stereocenters. The number of rotatable bonds is 4. The van der Waals surface area contributed by atoms with Crippen LogP contribution in [0, 0.1) is 5.82 Å². The molecule has 92 valence electrons. The number of hydrogen-bond donors (Lipinski definition) is 1. The second kappa shape index (κ2) is 6.07. The molecule has 0 bridgehead atoms. The average Bonchev–Trinajstić information content (AvgIpc) is 2.28. The largest absolute Gasteiger partial charge is 0.392 e. The van der Waals surface area contributed by atoms with E-state index in [-0.39, 0.29) is 21.6 Å². The minimum atomic E-state index is -0.570. The van der Waals surface area contributed by atoms with Crippen LogP contribution in [0.2, 0.25) is 0 Å². The van der Waals surface area contributed by atoms with Crippen LogP contribution in [-0.2, 0) is 0 Å². The van der Waals surface area contributed by atoms with E-state index in [1.165, 1.54) is 17.0 Å². The van der Waals surface area contributed by atoms with Gasteiger partial charge in [-0.2, -0.15) is 0 Å². The summed E-state index contributed by atoms with van der Waals surface area (Å²) in [6, 6.07) is 4.58. The van der Waals surface area contributed by atoms with Crippen molar-refractivity contribution in [3.8, 4) is 0 Å². The van der Waals surface area contributed by atoms with Gasteiger partial charge in [-0.15, -0.1) is 0 Å². The maximum absolute atomic E-state index is 13.7. The summed E-state index contributed by atoms with van der Waals surface area (Å²) >= 11 is 7.79.